The third kappa shape index (κ3) is 4.48. The Morgan fingerprint density at radius 3 is 2.62 bits per heavy atom. The van der Waals surface area contributed by atoms with Gasteiger partial charge in [-0.25, -0.2) is 0 Å². The summed E-state index contributed by atoms with van der Waals surface area (Å²) in [6.45, 7) is 6.64. The fourth-order valence-electron chi connectivity index (χ4n) is 3.57. The molecule has 0 bridgehead atoms. The lowest BCUT2D eigenvalue weighted by molar-refractivity contribution is 0.164. The van der Waals surface area contributed by atoms with E-state index in [9.17, 15) is 0 Å². The van der Waals surface area contributed by atoms with Gasteiger partial charge in [-0.15, -0.1) is 11.6 Å². The van der Waals surface area contributed by atoms with E-state index in [1.807, 2.05) is 0 Å². The molecular weight excluding hydrogens is 280 g/mol. The topological polar surface area (TPSA) is 17.8 Å². The van der Waals surface area contributed by atoms with Crippen molar-refractivity contribution in [2.45, 2.75) is 78.2 Å². The summed E-state index contributed by atoms with van der Waals surface area (Å²) in [5.74, 6) is 1.72. The van der Waals surface area contributed by atoms with Crippen LogP contribution in [0.2, 0.25) is 0 Å². The highest BCUT2D eigenvalue weighted by molar-refractivity contribution is 6.18. The van der Waals surface area contributed by atoms with Crippen molar-refractivity contribution in [2.24, 2.45) is 11.3 Å². The Morgan fingerprint density at radius 1 is 1.38 bits per heavy atom. The van der Waals surface area contributed by atoms with Crippen LogP contribution in [0.25, 0.3) is 0 Å². The first-order valence-corrected chi connectivity index (χ1v) is 9.22. The van der Waals surface area contributed by atoms with Crippen LogP contribution < -0.4 is 0 Å². The number of alkyl halides is 1. The summed E-state index contributed by atoms with van der Waals surface area (Å²) in [6, 6.07) is 2.62. The minimum Gasteiger partial charge on any atom is -0.270 e. The van der Waals surface area contributed by atoms with E-state index < -0.39 is 0 Å². The second kappa shape index (κ2) is 7.67. The summed E-state index contributed by atoms with van der Waals surface area (Å²) in [5, 5.41) is 4.72. The van der Waals surface area contributed by atoms with Crippen LogP contribution in [-0.4, -0.2) is 15.7 Å². The molecule has 1 aromatic rings. The maximum Gasteiger partial charge on any atom is 0.0630 e. The monoisotopic (exact) mass is 310 g/mol. The van der Waals surface area contributed by atoms with E-state index in [1.165, 1.54) is 50.6 Å². The van der Waals surface area contributed by atoms with Crippen molar-refractivity contribution in [2.75, 3.05) is 5.88 Å². The van der Waals surface area contributed by atoms with Gasteiger partial charge in [-0.3, -0.25) is 4.68 Å². The maximum atomic E-state index is 6.37. The molecule has 0 atom stereocenters. The molecule has 0 aliphatic heterocycles. The van der Waals surface area contributed by atoms with Crippen molar-refractivity contribution in [3.05, 3.63) is 18.0 Å². The summed E-state index contributed by atoms with van der Waals surface area (Å²) in [7, 11) is 0. The van der Waals surface area contributed by atoms with Crippen molar-refractivity contribution in [1.82, 2.24) is 9.78 Å². The third-order valence-electron chi connectivity index (χ3n) is 5.16. The van der Waals surface area contributed by atoms with Gasteiger partial charge in [-0.1, -0.05) is 26.2 Å². The summed E-state index contributed by atoms with van der Waals surface area (Å²) >= 11 is 6.37. The molecule has 3 heteroatoms. The van der Waals surface area contributed by atoms with Crippen molar-refractivity contribution >= 4 is 11.6 Å². The first kappa shape index (κ1) is 16.9. The summed E-state index contributed by atoms with van der Waals surface area (Å²) in [6.07, 6.45) is 12.6. The third-order valence-corrected chi connectivity index (χ3v) is 5.73. The van der Waals surface area contributed by atoms with Gasteiger partial charge in [0, 0.05) is 18.1 Å². The van der Waals surface area contributed by atoms with Crippen molar-refractivity contribution < 1.29 is 0 Å². The molecule has 0 saturated heterocycles. The van der Waals surface area contributed by atoms with Crippen LogP contribution in [0.5, 0.6) is 0 Å². The Balaban J connectivity index is 1.93. The van der Waals surface area contributed by atoms with E-state index in [0.717, 1.165) is 18.2 Å². The first-order chi connectivity index (χ1) is 10.1. The summed E-state index contributed by atoms with van der Waals surface area (Å²) < 4.78 is 2.06. The average molecular weight is 311 g/mol. The molecule has 0 unspecified atom stereocenters. The Morgan fingerprint density at radius 2 is 2.10 bits per heavy atom. The predicted octanol–water partition coefficient (Wildman–Crippen LogP) is 5.61. The fourth-order valence-corrected chi connectivity index (χ4v) is 3.93. The fraction of sp³-hybridized carbons (Fsp3) is 0.833. The van der Waals surface area contributed by atoms with E-state index >= 15 is 0 Å². The number of aromatic nitrogens is 2. The molecule has 120 valence electrons. The summed E-state index contributed by atoms with van der Waals surface area (Å²) in [4.78, 5) is 0. The van der Waals surface area contributed by atoms with E-state index in [0.29, 0.717) is 11.5 Å². The normalized spacial score (nSPS) is 26.4. The zero-order valence-electron chi connectivity index (χ0n) is 13.9. The van der Waals surface area contributed by atoms with Gasteiger partial charge in [0.2, 0.25) is 0 Å². The van der Waals surface area contributed by atoms with Gasteiger partial charge in [-0.2, -0.15) is 5.10 Å². The summed E-state index contributed by atoms with van der Waals surface area (Å²) in [5.41, 5.74) is 1.51. The van der Waals surface area contributed by atoms with Gasteiger partial charge in [0.1, 0.15) is 0 Å². The minimum atomic E-state index is 0.292. The van der Waals surface area contributed by atoms with Gasteiger partial charge in [0.05, 0.1) is 5.69 Å². The predicted molar refractivity (Wildman–Crippen MR) is 91.0 cm³/mol. The second-order valence-electron chi connectivity index (χ2n) is 7.28. The Bertz CT molecular complexity index is 417. The van der Waals surface area contributed by atoms with Crippen LogP contribution in [0.15, 0.2) is 12.3 Å². The van der Waals surface area contributed by atoms with Crippen LogP contribution >= 0.6 is 11.6 Å². The number of nitrogens with zero attached hydrogens (tertiary/aromatic N) is 2. The van der Waals surface area contributed by atoms with Crippen LogP contribution in [0.1, 0.15) is 77.5 Å². The highest BCUT2D eigenvalue weighted by Crippen LogP contribution is 2.43. The lowest BCUT2D eigenvalue weighted by Crippen LogP contribution is -2.31. The molecule has 0 N–H and O–H groups in total. The second-order valence-corrected chi connectivity index (χ2v) is 7.54. The molecule has 1 fully saturated rings. The molecule has 0 spiro atoms. The molecule has 1 aliphatic carbocycles. The zero-order valence-corrected chi connectivity index (χ0v) is 14.7. The molecule has 2 rings (SSSR count). The Kier molecular flexibility index (Phi) is 6.16. The van der Waals surface area contributed by atoms with Crippen molar-refractivity contribution in [3.8, 4) is 0 Å². The standard InChI is InChI=1S/C18H31ClN2/c1-4-5-6-16-7-10-18(14-19,11-8-16)13-17-9-12-21(20-17)15(2)3/h9,12,15-16H,4-8,10-11,13-14H2,1-3H3. The lowest BCUT2D eigenvalue weighted by atomic mass is 9.68. The molecule has 0 radical (unpaired) electrons. The van der Waals surface area contributed by atoms with Gasteiger partial charge >= 0.3 is 0 Å². The van der Waals surface area contributed by atoms with E-state index in [2.05, 4.69) is 37.7 Å². The van der Waals surface area contributed by atoms with Crippen LogP contribution in [0, 0.1) is 11.3 Å². The molecule has 2 nitrogen and oxygen atoms in total. The highest BCUT2D eigenvalue weighted by atomic mass is 35.5. The number of unbranched alkanes of at least 4 members (excludes halogenated alkanes) is 1. The number of hydrogen-bond donors (Lipinski definition) is 0. The Labute approximate surface area is 135 Å². The molecule has 1 saturated carbocycles. The average Bonchev–Trinajstić information content (AvgIpc) is 2.95. The largest absolute Gasteiger partial charge is 0.270 e. The molecule has 1 aromatic heterocycles. The van der Waals surface area contributed by atoms with Crippen molar-refractivity contribution in [1.29, 1.82) is 0 Å². The van der Waals surface area contributed by atoms with Gasteiger partial charge in [-0.05, 0) is 63.4 Å². The zero-order chi connectivity index (χ0) is 15.3. The van der Waals surface area contributed by atoms with E-state index in [4.69, 9.17) is 16.7 Å². The molecule has 1 heterocycles. The maximum absolute atomic E-state index is 6.37. The van der Waals surface area contributed by atoms with Crippen LogP contribution in [0.4, 0.5) is 0 Å². The van der Waals surface area contributed by atoms with E-state index in [1.54, 1.807) is 0 Å². The van der Waals surface area contributed by atoms with Crippen molar-refractivity contribution in [3.63, 3.8) is 0 Å². The molecule has 1 aliphatic rings. The minimum absolute atomic E-state index is 0.292. The Hall–Kier alpha value is -0.500. The lowest BCUT2D eigenvalue weighted by Gasteiger charge is -2.38. The SMILES string of the molecule is CCCCC1CCC(CCl)(Cc2ccn(C(C)C)n2)CC1. The number of rotatable bonds is 7. The molecule has 0 amide bonds. The smallest absolute Gasteiger partial charge is 0.0630 e. The van der Waals surface area contributed by atoms with Crippen LogP contribution in [-0.2, 0) is 6.42 Å². The van der Waals surface area contributed by atoms with Crippen LogP contribution in [0.3, 0.4) is 0 Å². The van der Waals surface area contributed by atoms with Gasteiger partial charge < -0.3 is 0 Å². The van der Waals surface area contributed by atoms with Gasteiger partial charge in [0.15, 0.2) is 0 Å². The molecule has 0 aromatic carbocycles. The highest BCUT2D eigenvalue weighted by Gasteiger charge is 2.35. The quantitative estimate of drug-likeness (QED) is 0.598. The van der Waals surface area contributed by atoms with E-state index in [-0.39, 0.29) is 0 Å². The first-order valence-electron chi connectivity index (χ1n) is 8.68. The molecule has 21 heavy (non-hydrogen) atoms. The number of hydrogen-bond acceptors (Lipinski definition) is 1. The number of halogens is 1. The molecular formula is C18H31ClN2. The van der Waals surface area contributed by atoms with Gasteiger partial charge in [0.25, 0.3) is 0 Å².